The number of hydrogen-bond acceptors (Lipinski definition) is 3. The van der Waals surface area contributed by atoms with Crippen LogP contribution in [0, 0.1) is 0 Å². The fraction of sp³-hybridized carbons (Fsp3) is 0.538. The summed E-state index contributed by atoms with van der Waals surface area (Å²) < 4.78 is 29.0. The van der Waals surface area contributed by atoms with Gasteiger partial charge < -0.3 is 4.74 Å². The normalized spacial score (nSPS) is 15.7. The van der Waals surface area contributed by atoms with Gasteiger partial charge in [-0.1, -0.05) is 6.42 Å². The van der Waals surface area contributed by atoms with E-state index in [1.165, 1.54) is 12.0 Å². The molecule has 0 saturated carbocycles. The summed E-state index contributed by atoms with van der Waals surface area (Å²) in [6.45, 7) is 0. The number of benzene rings is 1. The first-order chi connectivity index (χ1) is 8.92. The van der Waals surface area contributed by atoms with Gasteiger partial charge >= 0.3 is 0 Å². The average molecular weight is 368 g/mol. The molecule has 1 aromatic rings. The number of rotatable bonds is 3. The first kappa shape index (κ1) is 15.1. The molecule has 1 aliphatic carbocycles. The Hall–Kier alpha value is -0.260. The van der Waals surface area contributed by atoms with Crippen molar-refractivity contribution in [2.24, 2.45) is 0 Å². The van der Waals surface area contributed by atoms with Crippen LogP contribution < -0.4 is 4.74 Å². The highest BCUT2D eigenvalue weighted by atomic mass is 79.9. The maximum absolute atomic E-state index is 11.4. The summed E-state index contributed by atoms with van der Waals surface area (Å²) in [4.78, 5) is 0. The van der Waals surface area contributed by atoms with Crippen molar-refractivity contribution in [2.75, 3.05) is 7.11 Å². The molecular weight excluding hydrogens is 352 g/mol. The van der Waals surface area contributed by atoms with Gasteiger partial charge in [-0.2, -0.15) is 0 Å². The molecule has 0 heterocycles. The minimum Gasteiger partial charge on any atom is -0.495 e. The number of methoxy groups -OCH3 is 1. The Morgan fingerprint density at radius 3 is 2.63 bits per heavy atom. The van der Waals surface area contributed by atoms with Crippen LogP contribution in [-0.2, 0) is 27.6 Å². The summed E-state index contributed by atoms with van der Waals surface area (Å²) in [5.74, 6) is 0.407. The van der Waals surface area contributed by atoms with E-state index < -0.39 is 9.05 Å². The van der Waals surface area contributed by atoms with E-state index in [2.05, 4.69) is 15.9 Å². The molecule has 0 atom stereocenters. The zero-order valence-electron chi connectivity index (χ0n) is 10.7. The van der Waals surface area contributed by atoms with Gasteiger partial charge in [0.1, 0.15) is 5.75 Å². The Balaban J connectivity index is 2.61. The van der Waals surface area contributed by atoms with Crippen molar-refractivity contribution >= 4 is 35.7 Å². The topological polar surface area (TPSA) is 43.4 Å². The van der Waals surface area contributed by atoms with E-state index in [4.69, 9.17) is 15.4 Å². The molecule has 0 radical (unpaired) electrons. The van der Waals surface area contributed by atoms with Crippen LogP contribution in [0.4, 0.5) is 0 Å². The number of ether oxygens (including phenoxy) is 1. The number of halogens is 2. The number of fused-ring (bicyclic) bond motifs is 1. The highest BCUT2D eigenvalue weighted by Gasteiger charge is 2.22. The second kappa shape index (κ2) is 6.02. The van der Waals surface area contributed by atoms with Crippen molar-refractivity contribution < 1.29 is 13.2 Å². The van der Waals surface area contributed by atoms with Crippen molar-refractivity contribution in [1.82, 2.24) is 0 Å². The van der Waals surface area contributed by atoms with Crippen LogP contribution in [0.1, 0.15) is 36.0 Å². The first-order valence-electron chi connectivity index (χ1n) is 6.22. The lowest BCUT2D eigenvalue weighted by molar-refractivity contribution is 0.407. The predicted molar refractivity (Wildman–Crippen MR) is 80.4 cm³/mol. The van der Waals surface area contributed by atoms with E-state index >= 15 is 0 Å². The Labute approximate surface area is 126 Å². The molecule has 0 aromatic heterocycles. The molecule has 3 nitrogen and oxygen atoms in total. The van der Waals surface area contributed by atoms with Gasteiger partial charge in [0.05, 0.1) is 17.3 Å². The van der Waals surface area contributed by atoms with E-state index in [1.54, 1.807) is 7.11 Å². The van der Waals surface area contributed by atoms with Gasteiger partial charge in [-0.15, -0.1) is 0 Å². The minimum atomic E-state index is -3.60. The largest absolute Gasteiger partial charge is 0.495 e. The van der Waals surface area contributed by atoms with Crippen LogP contribution in [0.5, 0.6) is 5.75 Å². The summed E-state index contributed by atoms with van der Waals surface area (Å²) in [6, 6.07) is 2.05. The smallest absolute Gasteiger partial charge is 0.236 e. The first-order valence-corrected chi connectivity index (χ1v) is 9.49. The molecule has 1 aliphatic rings. The van der Waals surface area contributed by atoms with E-state index in [0.717, 1.165) is 35.7 Å². The fourth-order valence-corrected chi connectivity index (χ4v) is 4.31. The SMILES string of the molecule is COc1c(Br)cc2c(c1CS(=O)(=O)Cl)CCCCC2. The van der Waals surface area contributed by atoms with Gasteiger partial charge in [0.15, 0.2) is 0 Å². The molecule has 6 heteroatoms. The van der Waals surface area contributed by atoms with Crippen LogP contribution in [-0.4, -0.2) is 15.5 Å². The van der Waals surface area contributed by atoms with Crippen LogP contribution in [0.3, 0.4) is 0 Å². The standard InChI is InChI=1S/C13H16BrClO3S/c1-18-13-11(8-19(15,16)17)10-6-4-2-3-5-9(10)7-12(13)14/h7H,2-6,8H2,1H3. The van der Waals surface area contributed by atoms with Gasteiger partial charge in [-0.25, -0.2) is 8.42 Å². The second-order valence-corrected chi connectivity index (χ2v) is 8.38. The third-order valence-corrected chi connectivity index (χ3v) is 4.99. The summed E-state index contributed by atoms with van der Waals surface area (Å²) in [5, 5.41) is 0. The Bertz CT molecular complexity index is 584. The van der Waals surface area contributed by atoms with E-state index in [-0.39, 0.29) is 5.75 Å². The van der Waals surface area contributed by atoms with Crippen molar-refractivity contribution in [2.45, 2.75) is 37.9 Å². The molecule has 0 unspecified atom stereocenters. The lowest BCUT2D eigenvalue weighted by Gasteiger charge is -2.17. The van der Waals surface area contributed by atoms with Crippen molar-refractivity contribution in [3.8, 4) is 5.75 Å². The average Bonchev–Trinajstić information content (AvgIpc) is 2.52. The maximum Gasteiger partial charge on any atom is 0.236 e. The number of hydrogen-bond donors (Lipinski definition) is 0. The van der Waals surface area contributed by atoms with E-state index in [9.17, 15) is 8.42 Å². The molecule has 0 N–H and O–H groups in total. The lowest BCUT2D eigenvalue weighted by atomic mass is 9.97. The zero-order valence-corrected chi connectivity index (χ0v) is 13.9. The Morgan fingerprint density at radius 1 is 1.32 bits per heavy atom. The van der Waals surface area contributed by atoms with Gasteiger partial charge in [-0.3, -0.25) is 0 Å². The quantitative estimate of drug-likeness (QED) is 0.603. The summed E-state index contributed by atoms with van der Waals surface area (Å²) in [7, 11) is 3.38. The predicted octanol–water partition coefficient (Wildman–Crippen LogP) is 3.80. The van der Waals surface area contributed by atoms with Gasteiger partial charge in [-0.05, 0) is 58.8 Å². The summed E-state index contributed by atoms with van der Waals surface area (Å²) in [6.07, 6.45) is 5.25. The Kier molecular flexibility index (Phi) is 4.79. The third-order valence-electron chi connectivity index (χ3n) is 3.44. The molecule has 0 amide bonds. The molecule has 19 heavy (non-hydrogen) atoms. The molecule has 1 aromatic carbocycles. The van der Waals surface area contributed by atoms with Crippen LogP contribution >= 0.6 is 26.6 Å². The molecule has 106 valence electrons. The van der Waals surface area contributed by atoms with Gasteiger partial charge in [0.25, 0.3) is 0 Å². The lowest BCUT2D eigenvalue weighted by Crippen LogP contribution is -2.06. The molecule has 2 rings (SSSR count). The molecular formula is C13H16BrClO3S. The van der Waals surface area contributed by atoms with Gasteiger partial charge in [0, 0.05) is 16.2 Å². The van der Waals surface area contributed by atoms with Crippen molar-refractivity contribution in [3.05, 3.63) is 27.2 Å². The Morgan fingerprint density at radius 2 is 2.00 bits per heavy atom. The van der Waals surface area contributed by atoms with Crippen molar-refractivity contribution in [3.63, 3.8) is 0 Å². The fourth-order valence-electron chi connectivity index (χ4n) is 2.65. The monoisotopic (exact) mass is 366 g/mol. The summed E-state index contributed by atoms with van der Waals surface area (Å²) >= 11 is 3.46. The molecule has 0 spiro atoms. The molecule has 0 fully saturated rings. The molecule has 0 saturated heterocycles. The zero-order chi connectivity index (χ0) is 14.0. The highest BCUT2D eigenvalue weighted by molar-refractivity contribution is 9.10. The minimum absolute atomic E-state index is 0.181. The summed E-state index contributed by atoms with van der Waals surface area (Å²) in [5.41, 5.74) is 3.02. The molecule has 0 bridgehead atoms. The van der Waals surface area contributed by atoms with E-state index in [1.807, 2.05) is 6.07 Å². The van der Waals surface area contributed by atoms with E-state index in [0.29, 0.717) is 11.3 Å². The van der Waals surface area contributed by atoms with Crippen molar-refractivity contribution in [1.29, 1.82) is 0 Å². The number of aryl methyl sites for hydroxylation is 1. The van der Waals surface area contributed by atoms with Crippen LogP contribution in [0.15, 0.2) is 10.5 Å². The van der Waals surface area contributed by atoms with Gasteiger partial charge in [0.2, 0.25) is 9.05 Å². The molecule has 0 aliphatic heterocycles. The third kappa shape index (κ3) is 3.64. The van der Waals surface area contributed by atoms with Crippen LogP contribution in [0.25, 0.3) is 0 Å². The highest BCUT2D eigenvalue weighted by Crippen LogP contribution is 2.38. The maximum atomic E-state index is 11.4. The van der Waals surface area contributed by atoms with Crippen LogP contribution in [0.2, 0.25) is 0 Å². The second-order valence-electron chi connectivity index (χ2n) is 4.75.